The zero-order chi connectivity index (χ0) is 22.5. The topological polar surface area (TPSA) is 20.3 Å². The Morgan fingerprint density at radius 1 is 0.485 bits per heavy atom. The second kappa shape index (κ2) is 9.37. The molecule has 0 saturated carbocycles. The Hall–Kier alpha value is -4.43. The first-order chi connectivity index (χ1) is 16.3. The molecule has 0 bridgehead atoms. The molecular formula is C31H23NO. The molecule has 0 amide bonds. The van der Waals surface area contributed by atoms with Crippen molar-refractivity contribution in [1.29, 1.82) is 0 Å². The highest BCUT2D eigenvalue weighted by atomic mass is 16.1. The van der Waals surface area contributed by atoms with Crippen LogP contribution in [0.5, 0.6) is 0 Å². The maximum Gasteiger partial charge on any atom is 0.193 e. The van der Waals surface area contributed by atoms with Crippen molar-refractivity contribution in [2.45, 2.75) is 0 Å². The molecule has 0 spiro atoms. The lowest BCUT2D eigenvalue weighted by molar-refractivity contribution is 0.103. The van der Waals surface area contributed by atoms with Gasteiger partial charge in [0.25, 0.3) is 0 Å². The monoisotopic (exact) mass is 425 g/mol. The van der Waals surface area contributed by atoms with E-state index in [0.29, 0.717) is 11.1 Å². The summed E-state index contributed by atoms with van der Waals surface area (Å²) in [6.45, 7) is 0. The molecule has 2 nitrogen and oxygen atoms in total. The maximum atomic E-state index is 13.3. The molecule has 0 N–H and O–H groups in total. The van der Waals surface area contributed by atoms with Gasteiger partial charge in [0.1, 0.15) is 0 Å². The van der Waals surface area contributed by atoms with Crippen molar-refractivity contribution in [2.75, 3.05) is 4.90 Å². The molecule has 0 atom stereocenters. The van der Waals surface area contributed by atoms with Crippen LogP contribution in [-0.2, 0) is 0 Å². The summed E-state index contributed by atoms with van der Waals surface area (Å²) in [4.78, 5) is 15.5. The Balaban J connectivity index is 1.61. The van der Waals surface area contributed by atoms with Gasteiger partial charge in [-0.05, 0) is 47.5 Å². The van der Waals surface area contributed by atoms with Crippen LogP contribution < -0.4 is 4.90 Å². The predicted octanol–water partition coefficient (Wildman–Crippen LogP) is 8.05. The minimum atomic E-state index is 0.0274. The Morgan fingerprint density at radius 2 is 1.00 bits per heavy atom. The van der Waals surface area contributed by atoms with Crippen molar-refractivity contribution in [2.24, 2.45) is 0 Å². The van der Waals surface area contributed by atoms with Crippen LogP contribution in [-0.4, -0.2) is 5.78 Å². The maximum absolute atomic E-state index is 13.3. The molecule has 0 aliphatic heterocycles. The number of carbonyl (C=O) groups excluding carboxylic acids is 1. The van der Waals surface area contributed by atoms with Crippen LogP contribution in [0.4, 0.5) is 17.1 Å². The summed E-state index contributed by atoms with van der Waals surface area (Å²) < 4.78 is 0. The number of nitrogens with zero attached hydrogens (tertiary/aromatic N) is 1. The SMILES string of the molecule is O=C(c1ccccc1)c1ccccc1-c1cccc(N(c2ccccc2)c2ccccc2)c1. The fraction of sp³-hybridized carbons (Fsp3) is 0. The van der Waals surface area contributed by atoms with Gasteiger partial charge in [0.05, 0.1) is 0 Å². The smallest absolute Gasteiger partial charge is 0.193 e. The first-order valence-corrected chi connectivity index (χ1v) is 11.0. The van der Waals surface area contributed by atoms with E-state index < -0.39 is 0 Å². The number of anilines is 3. The van der Waals surface area contributed by atoms with Crippen molar-refractivity contribution in [3.8, 4) is 11.1 Å². The van der Waals surface area contributed by atoms with E-state index in [1.54, 1.807) is 0 Å². The van der Waals surface area contributed by atoms with Crippen molar-refractivity contribution < 1.29 is 4.79 Å². The van der Waals surface area contributed by atoms with Crippen LogP contribution in [0.3, 0.4) is 0 Å². The van der Waals surface area contributed by atoms with Gasteiger partial charge in [-0.2, -0.15) is 0 Å². The lowest BCUT2D eigenvalue weighted by atomic mass is 9.93. The van der Waals surface area contributed by atoms with Gasteiger partial charge in [0.2, 0.25) is 0 Å². The standard InChI is InChI=1S/C31H23NO/c33-31(24-13-4-1-5-14-24)30-22-11-10-21-29(30)25-15-12-20-28(23-25)32(26-16-6-2-7-17-26)27-18-8-3-9-19-27/h1-23H. The van der Waals surface area contributed by atoms with Crippen LogP contribution in [0.15, 0.2) is 140 Å². The highest BCUT2D eigenvalue weighted by Gasteiger charge is 2.16. The van der Waals surface area contributed by atoms with E-state index in [-0.39, 0.29) is 5.78 Å². The normalized spacial score (nSPS) is 10.5. The third-order valence-electron chi connectivity index (χ3n) is 5.65. The fourth-order valence-corrected chi connectivity index (χ4v) is 4.09. The average molecular weight is 426 g/mol. The number of hydrogen-bond acceptors (Lipinski definition) is 2. The van der Waals surface area contributed by atoms with Gasteiger partial charge in [0, 0.05) is 28.2 Å². The van der Waals surface area contributed by atoms with E-state index in [9.17, 15) is 4.79 Å². The summed E-state index contributed by atoms with van der Waals surface area (Å²) in [5, 5.41) is 0. The lowest BCUT2D eigenvalue weighted by Crippen LogP contribution is -2.10. The van der Waals surface area contributed by atoms with E-state index >= 15 is 0 Å². The fourth-order valence-electron chi connectivity index (χ4n) is 4.09. The summed E-state index contributed by atoms with van der Waals surface area (Å²) in [5.74, 6) is 0.0274. The van der Waals surface area contributed by atoms with Crippen LogP contribution in [0.1, 0.15) is 15.9 Å². The van der Waals surface area contributed by atoms with Crippen molar-refractivity contribution in [3.63, 3.8) is 0 Å². The third-order valence-corrected chi connectivity index (χ3v) is 5.65. The van der Waals surface area contributed by atoms with Crippen LogP contribution >= 0.6 is 0 Å². The molecule has 5 aromatic carbocycles. The number of carbonyl (C=O) groups is 1. The Labute approximate surface area is 194 Å². The van der Waals surface area contributed by atoms with E-state index in [4.69, 9.17) is 0 Å². The molecule has 0 aliphatic rings. The van der Waals surface area contributed by atoms with Gasteiger partial charge in [-0.1, -0.05) is 103 Å². The molecule has 5 aromatic rings. The largest absolute Gasteiger partial charge is 0.310 e. The quantitative estimate of drug-likeness (QED) is 0.256. The molecule has 33 heavy (non-hydrogen) atoms. The van der Waals surface area contributed by atoms with E-state index in [1.165, 1.54) is 0 Å². The number of benzene rings is 5. The number of para-hydroxylation sites is 2. The van der Waals surface area contributed by atoms with E-state index in [0.717, 1.165) is 28.2 Å². The Morgan fingerprint density at radius 3 is 1.64 bits per heavy atom. The van der Waals surface area contributed by atoms with Crippen molar-refractivity contribution in [3.05, 3.63) is 151 Å². The van der Waals surface area contributed by atoms with E-state index in [2.05, 4.69) is 47.4 Å². The summed E-state index contributed by atoms with van der Waals surface area (Å²) in [6, 6.07) is 46.3. The average Bonchev–Trinajstić information content (AvgIpc) is 2.90. The predicted molar refractivity (Wildman–Crippen MR) is 136 cm³/mol. The van der Waals surface area contributed by atoms with Crippen LogP contribution in [0.25, 0.3) is 11.1 Å². The van der Waals surface area contributed by atoms with Crippen molar-refractivity contribution >= 4 is 22.8 Å². The molecule has 2 heteroatoms. The third kappa shape index (κ3) is 4.32. The van der Waals surface area contributed by atoms with Crippen molar-refractivity contribution in [1.82, 2.24) is 0 Å². The number of hydrogen-bond donors (Lipinski definition) is 0. The summed E-state index contributed by atoms with van der Waals surface area (Å²) >= 11 is 0. The molecule has 158 valence electrons. The number of rotatable bonds is 6. The summed E-state index contributed by atoms with van der Waals surface area (Å²) in [6.07, 6.45) is 0. The van der Waals surface area contributed by atoms with Gasteiger partial charge < -0.3 is 4.90 Å². The summed E-state index contributed by atoms with van der Waals surface area (Å²) in [7, 11) is 0. The Kier molecular flexibility index (Phi) is 5.81. The molecule has 0 saturated heterocycles. The minimum Gasteiger partial charge on any atom is -0.310 e. The first kappa shape index (κ1) is 20.5. The van der Waals surface area contributed by atoms with Gasteiger partial charge >= 0.3 is 0 Å². The zero-order valence-electron chi connectivity index (χ0n) is 18.1. The summed E-state index contributed by atoms with van der Waals surface area (Å²) in [5.41, 5.74) is 6.51. The zero-order valence-corrected chi connectivity index (χ0v) is 18.1. The van der Waals surface area contributed by atoms with Gasteiger partial charge in [0.15, 0.2) is 5.78 Å². The Bertz CT molecular complexity index is 1320. The second-order valence-electron chi connectivity index (χ2n) is 7.80. The van der Waals surface area contributed by atoms with Gasteiger partial charge in [-0.25, -0.2) is 0 Å². The van der Waals surface area contributed by atoms with Crippen LogP contribution in [0, 0.1) is 0 Å². The van der Waals surface area contributed by atoms with Crippen LogP contribution in [0.2, 0.25) is 0 Å². The molecule has 0 aromatic heterocycles. The molecule has 0 radical (unpaired) electrons. The molecule has 0 unspecified atom stereocenters. The molecule has 0 heterocycles. The molecular weight excluding hydrogens is 402 g/mol. The lowest BCUT2D eigenvalue weighted by Gasteiger charge is -2.26. The molecule has 5 rings (SSSR count). The van der Waals surface area contributed by atoms with Gasteiger partial charge in [-0.3, -0.25) is 4.79 Å². The number of ketones is 1. The van der Waals surface area contributed by atoms with Gasteiger partial charge in [-0.15, -0.1) is 0 Å². The minimum absolute atomic E-state index is 0.0274. The van der Waals surface area contributed by atoms with E-state index in [1.807, 2.05) is 97.1 Å². The first-order valence-electron chi connectivity index (χ1n) is 11.0. The molecule has 0 fully saturated rings. The highest BCUT2D eigenvalue weighted by Crippen LogP contribution is 2.37. The highest BCUT2D eigenvalue weighted by molar-refractivity contribution is 6.12. The molecule has 0 aliphatic carbocycles. The second-order valence-corrected chi connectivity index (χ2v) is 7.80.